The molecule has 4 aromatic rings. The van der Waals surface area contributed by atoms with E-state index in [0.29, 0.717) is 5.92 Å². The Kier molecular flexibility index (Phi) is 5.74. The molecule has 8 nitrogen and oxygen atoms in total. The molecule has 8 heteroatoms. The molecule has 0 amide bonds. The number of nitrogens with zero attached hydrogens (tertiary/aromatic N) is 6. The SMILES string of the molecule is Cn1ccc2c(CC3CCC(Oc4cc(N5CCOCC5)cc5nccnc45)CC3)ncnc21. The molecule has 34 heavy (non-hydrogen) atoms. The molecule has 0 N–H and O–H groups in total. The third-order valence-corrected chi connectivity index (χ3v) is 7.21. The van der Waals surface area contributed by atoms with Crippen LogP contribution in [0.15, 0.2) is 43.1 Å². The van der Waals surface area contributed by atoms with Crippen LogP contribution in [0.4, 0.5) is 5.69 Å². The summed E-state index contributed by atoms with van der Waals surface area (Å²) in [7, 11) is 2.03. The number of benzene rings is 1. The van der Waals surface area contributed by atoms with Gasteiger partial charge < -0.3 is 18.9 Å². The van der Waals surface area contributed by atoms with Gasteiger partial charge in [-0.15, -0.1) is 0 Å². The topological polar surface area (TPSA) is 78.2 Å². The van der Waals surface area contributed by atoms with Crippen molar-refractivity contribution in [3.05, 3.63) is 48.8 Å². The fraction of sp³-hybridized carbons (Fsp3) is 0.462. The Balaban J connectivity index is 1.16. The van der Waals surface area contributed by atoms with E-state index in [9.17, 15) is 0 Å². The minimum Gasteiger partial charge on any atom is -0.488 e. The first-order chi connectivity index (χ1) is 16.7. The average molecular weight is 459 g/mol. The standard InChI is InChI=1S/C26H30N6O2/c1-31-9-6-21-22(29-17-30-26(21)31)14-18-2-4-20(5-3-18)34-24-16-19(32-10-12-33-13-11-32)15-23-25(24)28-8-7-27-23/h6-9,15-18,20H,2-5,10-14H2,1H3. The van der Waals surface area contributed by atoms with Crippen molar-refractivity contribution in [1.29, 1.82) is 0 Å². The number of fused-ring (bicyclic) bond motifs is 2. The summed E-state index contributed by atoms with van der Waals surface area (Å²) in [4.78, 5) is 20.5. The minimum atomic E-state index is 0.198. The second-order valence-electron chi connectivity index (χ2n) is 9.42. The number of aryl methyl sites for hydroxylation is 1. The van der Waals surface area contributed by atoms with Crippen molar-refractivity contribution in [1.82, 2.24) is 24.5 Å². The van der Waals surface area contributed by atoms with Gasteiger partial charge in [-0.1, -0.05) is 0 Å². The molecule has 2 aliphatic rings. The van der Waals surface area contributed by atoms with Gasteiger partial charge in [0.15, 0.2) is 0 Å². The van der Waals surface area contributed by atoms with Gasteiger partial charge in [0.25, 0.3) is 0 Å². The number of ether oxygens (including phenoxy) is 2. The van der Waals surface area contributed by atoms with Gasteiger partial charge in [0, 0.05) is 55.9 Å². The molecular formula is C26H30N6O2. The van der Waals surface area contributed by atoms with Gasteiger partial charge in [-0.25, -0.2) is 15.0 Å². The number of hydrogen-bond acceptors (Lipinski definition) is 7. The van der Waals surface area contributed by atoms with Gasteiger partial charge in [-0.2, -0.15) is 0 Å². The number of morpholine rings is 1. The maximum absolute atomic E-state index is 6.58. The lowest BCUT2D eigenvalue weighted by Crippen LogP contribution is -2.36. The van der Waals surface area contributed by atoms with Gasteiger partial charge in [0.1, 0.15) is 23.2 Å². The quantitative estimate of drug-likeness (QED) is 0.448. The zero-order chi connectivity index (χ0) is 22.9. The first-order valence-corrected chi connectivity index (χ1v) is 12.2. The summed E-state index contributed by atoms with van der Waals surface area (Å²) in [5.74, 6) is 1.46. The number of hydrogen-bond donors (Lipinski definition) is 0. The van der Waals surface area contributed by atoms with Crippen molar-refractivity contribution in [3.8, 4) is 5.75 Å². The van der Waals surface area contributed by atoms with E-state index in [4.69, 9.17) is 9.47 Å². The largest absolute Gasteiger partial charge is 0.488 e. The van der Waals surface area contributed by atoms with Gasteiger partial charge in [-0.3, -0.25) is 4.98 Å². The van der Waals surface area contributed by atoms with Crippen LogP contribution in [0.2, 0.25) is 0 Å². The first-order valence-electron chi connectivity index (χ1n) is 12.2. The predicted molar refractivity (Wildman–Crippen MR) is 131 cm³/mol. The molecule has 1 saturated carbocycles. The first kappa shape index (κ1) is 21.3. The van der Waals surface area contributed by atoms with Crippen LogP contribution >= 0.6 is 0 Å². The van der Waals surface area contributed by atoms with Crippen molar-refractivity contribution >= 4 is 27.8 Å². The van der Waals surface area contributed by atoms with Crippen LogP contribution in [0.3, 0.4) is 0 Å². The van der Waals surface area contributed by atoms with Crippen molar-refractivity contribution in [2.75, 3.05) is 31.2 Å². The van der Waals surface area contributed by atoms with Crippen LogP contribution in [0.5, 0.6) is 5.75 Å². The normalized spacial score (nSPS) is 21.3. The van der Waals surface area contributed by atoms with Crippen LogP contribution in [0, 0.1) is 5.92 Å². The second kappa shape index (κ2) is 9.18. The van der Waals surface area contributed by atoms with Crippen molar-refractivity contribution in [2.24, 2.45) is 13.0 Å². The highest BCUT2D eigenvalue weighted by Gasteiger charge is 2.25. The van der Waals surface area contributed by atoms with E-state index in [1.165, 1.54) is 5.39 Å². The van der Waals surface area contributed by atoms with E-state index in [2.05, 4.69) is 53.8 Å². The van der Waals surface area contributed by atoms with E-state index < -0.39 is 0 Å². The van der Waals surface area contributed by atoms with Gasteiger partial charge in [-0.05, 0) is 50.2 Å². The van der Waals surface area contributed by atoms with E-state index in [1.54, 1.807) is 18.7 Å². The van der Waals surface area contributed by atoms with Crippen LogP contribution in [0.1, 0.15) is 31.4 Å². The zero-order valence-electron chi connectivity index (χ0n) is 19.6. The molecule has 0 spiro atoms. The highest BCUT2D eigenvalue weighted by Crippen LogP contribution is 2.35. The molecule has 3 aromatic heterocycles. The maximum atomic E-state index is 6.58. The average Bonchev–Trinajstić information content (AvgIpc) is 3.27. The molecule has 0 atom stereocenters. The summed E-state index contributed by atoms with van der Waals surface area (Å²) in [6.07, 6.45) is 12.8. The summed E-state index contributed by atoms with van der Waals surface area (Å²) >= 11 is 0. The predicted octanol–water partition coefficient (Wildman–Crippen LogP) is 3.93. The lowest BCUT2D eigenvalue weighted by atomic mass is 9.84. The summed E-state index contributed by atoms with van der Waals surface area (Å²) < 4.78 is 14.2. The molecule has 0 bridgehead atoms. The number of rotatable bonds is 5. The van der Waals surface area contributed by atoms with Crippen LogP contribution in [0.25, 0.3) is 22.1 Å². The Hall–Kier alpha value is -3.26. The molecule has 2 fully saturated rings. The molecule has 1 saturated heterocycles. The van der Waals surface area contributed by atoms with E-state index in [1.807, 2.05) is 7.05 Å². The number of anilines is 1. The lowest BCUT2D eigenvalue weighted by Gasteiger charge is -2.31. The molecule has 1 aliphatic heterocycles. The third-order valence-electron chi connectivity index (χ3n) is 7.21. The Morgan fingerprint density at radius 3 is 2.68 bits per heavy atom. The fourth-order valence-electron chi connectivity index (χ4n) is 5.32. The summed E-state index contributed by atoms with van der Waals surface area (Å²) in [5, 5.41) is 1.17. The second-order valence-corrected chi connectivity index (χ2v) is 9.42. The summed E-state index contributed by atoms with van der Waals surface area (Å²) in [5.41, 5.74) is 5.03. The Morgan fingerprint density at radius 2 is 1.82 bits per heavy atom. The monoisotopic (exact) mass is 458 g/mol. The van der Waals surface area contributed by atoms with Crippen LogP contribution in [-0.2, 0) is 18.2 Å². The van der Waals surface area contributed by atoms with E-state index in [0.717, 1.165) is 92.2 Å². The Labute approximate surface area is 199 Å². The highest BCUT2D eigenvalue weighted by atomic mass is 16.5. The number of aromatic nitrogens is 5. The Morgan fingerprint density at radius 1 is 1.00 bits per heavy atom. The molecule has 0 unspecified atom stereocenters. The van der Waals surface area contributed by atoms with Crippen molar-refractivity contribution in [3.63, 3.8) is 0 Å². The molecule has 1 aliphatic carbocycles. The molecule has 0 radical (unpaired) electrons. The lowest BCUT2D eigenvalue weighted by molar-refractivity contribution is 0.122. The fourth-order valence-corrected chi connectivity index (χ4v) is 5.32. The van der Waals surface area contributed by atoms with Crippen LogP contribution < -0.4 is 9.64 Å². The van der Waals surface area contributed by atoms with E-state index in [-0.39, 0.29) is 6.10 Å². The maximum Gasteiger partial charge on any atom is 0.149 e. The summed E-state index contributed by atoms with van der Waals surface area (Å²) in [6, 6.07) is 6.39. The minimum absolute atomic E-state index is 0.198. The molecule has 6 rings (SSSR count). The van der Waals surface area contributed by atoms with Crippen LogP contribution in [-0.4, -0.2) is 56.9 Å². The van der Waals surface area contributed by atoms with Crippen molar-refractivity contribution in [2.45, 2.75) is 38.2 Å². The molecule has 176 valence electrons. The molecular weight excluding hydrogens is 428 g/mol. The third kappa shape index (κ3) is 4.18. The zero-order valence-corrected chi connectivity index (χ0v) is 19.6. The smallest absolute Gasteiger partial charge is 0.149 e. The molecule has 1 aromatic carbocycles. The van der Waals surface area contributed by atoms with Gasteiger partial charge in [0.2, 0.25) is 0 Å². The van der Waals surface area contributed by atoms with E-state index >= 15 is 0 Å². The Bertz CT molecular complexity index is 1290. The van der Waals surface area contributed by atoms with Gasteiger partial charge >= 0.3 is 0 Å². The summed E-state index contributed by atoms with van der Waals surface area (Å²) in [6.45, 7) is 3.27. The highest BCUT2D eigenvalue weighted by molar-refractivity contribution is 5.85. The molecule has 4 heterocycles. The van der Waals surface area contributed by atoms with Crippen molar-refractivity contribution < 1.29 is 9.47 Å². The van der Waals surface area contributed by atoms with Gasteiger partial charge in [0.05, 0.1) is 30.5 Å².